The van der Waals surface area contributed by atoms with Crippen LogP contribution in [0.1, 0.15) is 88.2 Å². The summed E-state index contributed by atoms with van der Waals surface area (Å²) in [5, 5.41) is 4.50. The average molecular weight is 946 g/mol. The predicted octanol–water partition coefficient (Wildman–Crippen LogP) is 17.9. The Morgan fingerprint density at radius 3 is 1.30 bits per heavy atom. The number of para-hydroxylation sites is 1. The van der Waals surface area contributed by atoms with Gasteiger partial charge in [-0.25, -0.2) is 15.0 Å². The summed E-state index contributed by atoms with van der Waals surface area (Å²) in [6.07, 6.45) is 16.8. The Kier molecular flexibility index (Phi) is 9.38. The molecule has 0 saturated heterocycles. The third-order valence-corrected chi connectivity index (χ3v) is 19.4. The summed E-state index contributed by atoms with van der Waals surface area (Å²) in [6, 6.07) is 65.2. The van der Waals surface area contributed by atoms with Crippen molar-refractivity contribution in [3.8, 4) is 67.5 Å². The summed E-state index contributed by atoms with van der Waals surface area (Å²) in [5.74, 6) is 7.33. The van der Waals surface area contributed by atoms with Crippen molar-refractivity contribution in [2.24, 2.45) is 35.5 Å². The molecule has 73 heavy (non-hydrogen) atoms. The first kappa shape index (κ1) is 42.3. The van der Waals surface area contributed by atoms with Crippen molar-refractivity contribution in [1.29, 1.82) is 0 Å². The van der Waals surface area contributed by atoms with Crippen molar-refractivity contribution >= 4 is 32.7 Å². The highest BCUT2D eigenvalue weighted by molar-refractivity contribution is 6.13. The van der Waals surface area contributed by atoms with Crippen LogP contribution in [0.5, 0.6) is 0 Å². The molecule has 10 aromatic rings. The summed E-state index contributed by atoms with van der Waals surface area (Å²) < 4.78 is 6.85. The first-order valence-electron chi connectivity index (χ1n) is 27.6. The molecule has 8 fully saturated rings. The fourth-order valence-corrected chi connectivity index (χ4v) is 16.9. The molecule has 2 heterocycles. The van der Waals surface area contributed by atoms with Gasteiger partial charge < -0.3 is 4.42 Å². The summed E-state index contributed by atoms with van der Waals surface area (Å²) in [7, 11) is 0. The second kappa shape index (κ2) is 16.2. The maximum atomic E-state index is 6.85. The van der Waals surface area contributed by atoms with Crippen LogP contribution in [0.15, 0.2) is 180 Å². The van der Waals surface area contributed by atoms with E-state index in [1.807, 2.05) is 0 Å². The molecule has 8 saturated carbocycles. The molecule has 0 spiro atoms. The van der Waals surface area contributed by atoms with Crippen LogP contribution in [0.25, 0.3) is 100 Å². The van der Waals surface area contributed by atoms with Gasteiger partial charge in [0.1, 0.15) is 11.2 Å². The molecule has 8 aromatic carbocycles. The van der Waals surface area contributed by atoms with E-state index in [-0.39, 0.29) is 0 Å². The summed E-state index contributed by atoms with van der Waals surface area (Å²) in [6.45, 7) is 0. The Morgan fingerprint density at radius 2 is 0.753 bits per heavy atom. The number of benzene rings is 8. The van der Waals surface area contributed by atoms with Gasteiger partial charge in [0.05, 0.1) is 5.56 Å². The number of fused-ring (bicyclic) bond motifs is 4. The molecule has 0 unspecified atom stereocenters. The zero-order valence-corrected chi connectivity index (χ0v) is 41.4. The highest BCUT2D eigenvalue weighted by Crippen LogP contribution is 2.62. The number of aromatic nitrogens is 3. The maximum Gasteiger partial charge on any atom is 0.167 e. The van der Waals surface area contributed by atoms with E-state index >= 15 is 0 Å². The van der Waals surface area contributed by atoms with Crippen LogP contribution in [0.2, 0.25) is 0 Å². The Morgan fingerprint density at radius 1 is 0.329 bits per heavy atom. The first-order valence-corrected chi connectivity index (χ1v) is 27.6. The van der Waals surface area contributed by atoms with Crippen LogP contribution in [-0.4, -0.2) is 15.0 Å². The van der Waals surface area contributed by atoms with E-state index in [0.717, 1.165) is 96.2 Å². The van der Waals surface area contributed by atoms with Gasteiger partial charge in [-0.2, -0.15) is 0 Å². The number of nitrogens with zero attached hydrogens (tertiary/aromatic N) is 3. The van der Waals surface area contributed by atoms with Gasteiger partial charge >= 0.3 is 0 Å². The number of hydrogen-bond donors (Lipinski definition) is 0. The van der Waals surface area contributed by atoms with Crippen LogP contribution >= 0.6 is 0 Å². The van der Waals surface area contributed by atoms with Crippen molar-refractivity contribution in [3.05, 3.63) is 187 Å². The van der Waals surface area contributed by atoms with Gasteiger partial charge in [-0.1, -0.05) is 140 Å². The molecule has 0 N–H and O–H groups in total. The molecule has 8 aliphatic rings. The molecule has 8 bridgehead atoms. The minimum atomic E-state index is 0.314. The van der Waals surface area contributed by atoms with Gasteiger partial charge in [-0.05, 0) is 215 Å². The van der Waals surface area contributed by atoms with E-state index in [1.165, 1.54) is 105 Å². The number of rotatable bonds is 8. The average Bonchev–Trinajstić information content (AvgIpc) is 3.79. The van der Waals surface area contributed by atoms with E-state index in [1.54, 1.807) is 5.56 Å². The van der Waals surface area contributed by atoms with E-state index in [9.17, 15) is 0 Å². The molecule has 0 radical (unpaired) electrons. The van der Waals surface area contributed by atoms with Crippen LogP contribution < -0.4 is 0 Å². The topological polar surface area (TPSA) is 51.8 Å². The second-order valence-electron chi connectivity index (χ2n) is 24.1. The van der Waals surface area contributed by atoms with Crippen LogP contribution in [-0.2, 0) is 10.8 Å². The summed E-state index contributed by atoms with van der Waals surface area (Å²) in [5.41, 5.74) is 15.3. The fourth-order valence-electron chi connectivity index (χ4n) is 16.9. The Balaban J connectivity index is 0.852. The van der Waals surface area contributed by atoms with Crippen molar-refractivity contribution in [2.75, 3.05) is 0 Å². The highest BCUT2D eigenvalue weighted by atomic mass is 16.3. The third kappa shape index (κ3) is 7.10. The van der Waals surface area contributed by atoms with Crippen LogP contribution in [0.3, 0.4) is 0 Å². The monoisotopic (exact) mass is 945 g/mol. The summed E-state index contributed by atoms with van der Waals surface area (Å²) >= 11 is 0. The van der Waals surface area contributed by atoms with Gasteiger partial charge in [0.25, 0.3) is 0 Å². The third-order valence-electron chi connectivity index (χ3n) is 19.4. The molecule has 0 aliphatic heterocycles. The number of hydrogen-bond acceptors (Lipinski definition) is 4. The van der Waals surface area contributed by atoms with E-state index in [0.29, 0.717) is 28.3 Å². The standard InChI is InChI=1S/C69H59N3O/c1-2-7-48(8-3-1)49-13-15-50(16-14-49)55-31-56(51-17-21-58(22-18-51)68-36-42-25-43(37-68)27-44(26-42)38-68)33-57(32-55)66-70-65(52-19-23-59(24-20-52)69-39-45-28-46(40-69)30-47(29-45)41-69)71-67(72-66)61-12-6-11-60-62-34-53-9-4-5-10-54(53)35-63(62)73-64(60)61/h1-24,31-35,42-47H,25-30,36-41H2. The Bertz CT molecular complexity index is 3720. The predicted molar refractivity (Wildman–Crippen MR) is 297 cm³/mol. The van der Waals surface area contributed by atoms with E-state index in [2.05, 4.69) is 176 Å². The second-order valence-corrected chi connectivity index (χ2v) is 24.1. The lowest BCUT2D eigenvalue weighted by Crippen LogP contribution is -2.48. The number of furan rings is 1. The molecule has 0 atom stereocenters. The minimum absolute atomic E-state index is 0.314. The minimum Gasteiger partial charge on any atom is -0.455 e. The van der Waals surface area contributed by atoms with Crippen LogP contribution in [0.4, 0.5) is 0 Å². The molecule has 2 aromatic heterocycles. The van der Waals surface area contributed by atoms with Crippen molar-refractivity contribution in [3.63, 3.8) is 0 Å². The van der Waals surface area contributed by atoms with Gasteiger partial charge in [0.15, 0.2) is 17.5 Å². The zero-order valence-electron chi connectivity index (χ0n) is 41.4. The fraction of sp³-hybridized carbons (Fsp3) is 0.290. The Hall–Kier alpha value is -7.17. The largest absolute Gasteiger partial charge is 0.455 e. The van der Waals surface area contributed by atoms with Gasteiger partial charge in [-0.3, -0.25) is 0 Å². The van der Waals surface area contributed by atoms with Gasteiger partial charge in [0, 0.05) is 21.9 Å². The van der Waals surface area contributed by atoms with Gasteiger partial charge in [0.2, 0.25) is 0 Å². The highest BCUT2D eigenvalue weighted by Gasteiger charge is 2.52. The van der Waals surface area contributed by atoms with E-state index in [4.69, 9.17) is 19.4 Å². The van der Waals surface area contributed by atoms with Crippen molar-refractivity contribution < 1.29 is 4.42 Å². The smallest absolute Gasteiger partial charge is 0.167 e. The summed E-state index contributed by atoms with van der Waals surface area (Å²) in [4.78, 5) is 16.4. The zero-order chi connectivity index (χ0) is 47.8. The van der Waals surface area contributed by atoms with Crippen LogP contribution in [0, 0.1) is 35.5 Å². The molecule has 4 nitrogen and oxygen atoms in total. The normalized spacial score (nSPS) is 26.6. The van der Waals surface area contributed by atoms with Crippen molar-refractivity contribution in [1.82, 2.24) is 15.0 Å². The molecule has 0 amide bonds. The SMILES string of the molecule is c1ccc(-c2ccc(-c3cc(-c4ccc(C56CC7CC(CC(C7)C5)C6)cc4)cc(-c4nc(-c5ccc(C67CC8CC(CC(C8)C6)C7)cc5)nc(-c5cccc6c5oc5cc7ccccc7cc56)n4)c3)cc2)cc1. The molecular formula is C69H59N3O. The lowest BCUT2D eigenvalue weighted by atomic mass is 9.48. The van der Waals surface area contributed by atoms with Crippen molar-refractivity contribution in [2.45, 2.75) is 87.9 Å². The van der Waals surface area contributed by atoms with Gasteiger partial charge in [-0.15, -0.1) is 0 Å². The molecule has 356 valence electrons. The molecule has 18 rings (SSSR count). The van der Waals surface area contributed by atoms with E-state index < -0.39 is 0 Å². The Labute approximate surface area is 428 Å². The lowest BCUT2D eigenvalue weighted by Gasteiger charge is -2.57. The first-order chi connectivity index (χ1) is 35.9. The molecular weight excluding hydrogens is 887 g/mol. The molecule has 4 heteroatoms. The molecule has 8 aliphatic carbocycles. The lowest BCUT2D eigenvalue weighted by molar-refractivity contribution is -0.00530. The quantitative estimate of drug-likeness (QED) is 0.152. The maximum absolute atomic E-state index is 6.85.